The molecule has 0 atom stereocenters. The van der Waals surface area contributed by atoms with Crippen molar-refractivity contribution in [2.24, 2.45) is 5.14 Å². The summed E-state index contributed by atoms with van der Waals surface area (Å²) in [7, 11) is -1.89. The minimum atomic E-state index is -3.74. The van der Waals surface area contributed by atoms with E-state index in [0.29, 0.717) is 22.8 Å². The maximum Gasteiger partial charge on any atom is 0.231 e. The molecule has 0 aliphatic rings. The molecule has 0 bridgehead atoms. The number of rotatable bonds is 5. The van der Waals surface area contributed by atoms with Crippen LogP contribution in [-0.4, -0.2) is 31.5 Å². The lowest BCUT2D eigenvalue weighted by molar-refractivity contribution is 0.606. The van der Waals surface area contributed by atoms with Gasteiger partial charge in [0.15, 0.2) is 5.82 Å². The summed E-state index contributed by atoms with van der Waals surface area (Å²) in [5.41, 5.74) is 1.66. The van der Waals surface area contributed by atoms with Crippen LogP contribution in [0.1, 0.15) is 19.5 Å². The van der Waals surface area contributed by atoms with Gasteiger partial charge in [-0.3, -0.25) is 4.98 Å². The quantitative estimate of drug-likeness (QED) is 0.894. The fraction of sp³-hybridized carbons (Fsp3) is 0.250. The summed E-state index contributed by atoms with van der Waals surface area (Å²) in [4.78, 5) is 10.7. The van der Waals surface area contributed by atoms with Gasteiger partial charge >= 0.3 is 0 Å². The first-order chi connectivity index (χ1) is 11.2. The molecule has 2 rings (SSSR count). The molecule has 0 aliphatic heterocycles. The van der Waals surface area contributed by atoms with Crippen LogP contribution in [0.3, 0.4) is 0 Å². The van der Waals surface area contributed by atoms with Crippen molar-refractivity contribution in [3.8, 4) is 11.3 Å². The summed E-state index contributed by atoms with van der Waals surface area (Å²) < 4.78 is 35.2. The van der Waals surface area contributed by atoms with E-state index in [1.54, 1.807) is 12.1 Å². The lowest BCUT2D eigenvalue weighted by atomic mass is 10.1. The standard InChI is InChI=1S/C16H19FN4O2S/c1-11(2)21(3)16-15(12-4-6-13(17)7-5-12)19-10-14(20-16)8-9-24(18,22)23/h4-11H,1-3H3,(H2,18,22,23). The Hall–Kier alpha value is -2.32. The zero-order valence-electron chi connectivity index (χ0n) is 13.6. The van der Waals surface area contributed by atoms with Gasteiger partial charge in [0, 0.05) is 24.1 Å². The Balaban J connectivity index is 2.54. The Morgan fingerprint density at radius 3 is 2.42 bits per heavy atom. The Morgan fingerprint density at radius 2 is 1.88 bits per heavy atom. The van der Waals surface area contributed by atoms with Gasteiger partial charge in [-0.05, 0) is 44.2 Å². The number of anilines is 1. The third-order valence-electron chi connectivity index (χ3n) is 3.43. The fourth-order valence-electron chi connectivity index (χ4n) is 1.94. The van der Waals surface area contributed by atoms with Crippen LogP contribution in [-0.2, 0) is 10.0 Å². The predicted octanol–water partition coefficient (Wildman–Crippen LogP) is 2.39. The van der Waals surface area contributed by atoms with Crippen molar-refractivity contribution in [2.45, 2.75) is 19.9 Å². The average molecular weight is 350 g/mol. The molecule has 6 nitrogen and oxygen atoms in total. The molecule has 1 aromatic carbocycles. The lowest BCUT2D eigenvalue weighted by Crippen LogP contribution is -2.27. The summed E-state index contributed by atoms with van der Waals surface area (Å²) in [6.45, 7) is 3.98. The van der Waals surface area contributed by atoms with Crippen molar-refractivity contribution in [1.82, 2.24) is 9.97 Å². The molecule has 2 aromatic rings. The van der Waals surface area contributed by atoms with Gasteiger partial charge in [0.25, 0.3) is 0 Å². The van der Waals surface area contributed by atoms with Crippen LogP contribution in [0.15, 0.2) is 35.9 Å². The molecule has 1 heterocycles. The molecule has 24 heavy (non-hydrogen) atoms. The summed E-state index contributed by atoms with van der Waals surface area (Å²) in [6, 6.07) is 6.08. The second-order valence-electron chi connectivity index (χ2n) is 5.57. The summed E-state index contributed by atoms with van der Waals surface area (Å²) in [5, 5.41) is 5.82. The number of halogens is 1. The molecule has 0 amide bonds. The zero-order valence-corrected chi connectivity index (χ0v) is 14.5. The highest BCUT2D eigenvalue weighted by molar-refractivity contribution is 7.92. The predicted molar refractivity (Wildman–Crippen MR) is 93.1 cm³/mol. The second kappa shape index (κ2) is 7.06. The number of benzene rings is 1. The third-order valence-corrected chi connectivity index (χ3v) is 3.94. The van der Waals surface area contributed by atoms with Crippen LogP contribution in [0.25, 0.3) is 17.3 Å². The van der Waals surface area contributed by atoms with Gasteiger partial charge in [-0.1, -0.05) is 0 Å². The van der Waals surface area contributed by atoms with Crippen LogP contribution in [0.4, 0.5) is 10.2 Å². The first kappa shape index (κ1) is 18.0. The molecule has 0 saturated heterocycles. The number of hydrogen-bond acceptors (Lipinski definition) is 5. The van der Waals surface area contributed by atoms with Crippen molar-refractivity contribution in [1.29, 1.82) is 0 Å². The van der Waals surface area contributed by atoms with Crippen molar-refractivity contribution < 1.29 is 12.8 Å². The van der Waals surface area contributed by atoms with Gasteiger partial charge in [0.05, 0.1) is 11.9 Å². The molecule has 0 unspecified atom stereocenters. The molecule has 0 fully saturated rings. The first-order valence-corrected chi connectivity index (χ1v) is 8.85. The molecule has 0 radical (unpaired) electrons. The van der Waals surface area contributed by atoms with Gasteiger partial charge < -0.3 is 4.90 Å². The van der Waals surface area contributed by atoms with Crippen molar-refractivity contribution >= 4 is 21.9 Å². The highest BCUT2D eigenvalue weighted by Gasteiger charge is 2.16. The monoisotopic (exact) mass is 350 g/mol. The summed E-state index contributed by atoms with van der Waals surface area (Å²) in [5.74, 6) is 0.228. The van der Waals surface area contributed by atoms with Crippen molar-refractivity contribution in [3.05, 3.63) is 47.4 Å². The zero-order chi connectivity index (χ0) is 17.9. The molecule has 128 valence electrons. The lowest BCUT2D eigenvalue weighted by Gasteiger charge is -2.24. The highest BCUT2D eigenvalue weighted by Crippen LogP contribution is 2.28. The second-order valence-corrected chi connectivity index (χ2v) is 7.02. The maximum absolute atomic E-state index is 13.1. The van der Waals surface area contributed by atoms with Gasteiger partial charge in [-0.25, -0.2) is 22.9 Å². The van der Waals surface area contributed by atoms with Crippen LogP contribution in [0, 0.1) is 5.82 Å². The summed E-state index contributed by atoms with van der Waals surface area (Å²) in [6.07, 6.45) is 2.73. The van der Waals surface area contributed by atoms with Gasteiger partial charge in [-0.15, -0.1) is 0 Å². The Morgan fingerprint density at radius 1 is 1.25 bits per heavy atom. The van der Waals surface area contributed by atoms with Crippen molar-refractivity contribution in [3.63, 3.8) is 0 Å². The van der Waals surface area contributed by atoms with E-state index in [4.69, 9.17) is 5.14 Å². The van der Waals surface area contributed by atoms with E-state index >= 15 is 0 Å². The molecular formula is C16H19FN4O2S. The maximum atomic E-state index is 13.1. The normalized spacial score (nSPS) is 12.1. The number of nitrogens with two attached hydrogens (primary N) is 1. The average Bonchev–Trinajstić information content (AvgIpc) is 2.52. The molecular weight excluding hydrogens is 331 g/mol. The number of aromatic nitrogens is 2. The first-order valence-electron chi connectivity index (χ1n) is 7.24. The highest BCUT2D eigenvalue weighted by atomic mass is 32.2. The van der Waals surface area contributed by atoms with Crippen molar-refractivity contribution in [2.75, 3.05) is 11.9 Å². The van der Waals surface area contributed by atoms with E-state index in [1.807, 2.05) is 25.8 Å². The van der Waals surface area contributed by atoms with Crippen LogP contribution in [0.5, 0.6) is 0 Å². The number of hydrogen-bond donors (Lipinski definition) is 1. The van der Waals surface area contributed by atoms with Gasteiger partial charge in [-0.2, -0.15) is 0 Å². The van der Waals surface area contributed by atoms with E-state index in [1.165, 1.54) is 24.4 Å². The molecule has 0 spiro atoms. The van der Waals surface area contributed by atoms with E-state index in [9.17, 15) is 12.8 Å². The minimum Gasteiger partial charge on any atom is -0.355 e. The number of nitrogens with zero attached hydrogens (tertiary/aromatic N) is 3. The van der Waals surface area contributed by atoms with Crippen LogP contribution in [0.2, 0.25) is 0 Å². The molecule has 0 saturated carbocycles. The summed E-state index contributed by atoms with van der Waals surface area (Å²) >= 11 is 0. The van der Waals surface area contributed by atoms with E-state index in [-0.39, 0.29) is 11.9 Å². The van der Waals surface area contributed by atoms with Gasteiger partial charge in [0.1, 0.15) is 11.5 Å². The number of primary sulfonamides is 1. The molecule has 8 heteroatoms. The third kappa shape index (κ3) is 4.59. The molecule has 0 aliphatic carbocycles. The van der Waals surface area contributed by atoms with Crippen LogP contribution >= 0.6 is 0 Å². The Bertz CT molecular complexity index is 849. The Labute approximate surface area is 140 Å². The molecule has 2 N–H and O–H groups in total. The Kier molecular flexibility index (Phi) is 5.30. The molecule has 1 aromatic heterocycles. The number of sulfonamides is 1. The smallest absolute Gasteiger partial charge is 0.231 e. The van der Waals surface area contributed by atoms with E-state index < -0.39 is 10.0 Å². The van der Waals surface area contributed by atoms with Crippen LogP contribution < -0.4 is 10.0 Å². The van der Waals surface area contributed by atoms with E-state index in [0.717, 1.165) is 5.41 Å². The SMILES string of the molecule is CC(C)N(C)c1nc(C=CS(N)(=O)=O)cnc1-c1ccc(F)cc1. The van der Waals surface area contributed by atoms with E-state index in [2.05, 4.69) is 9.97 Å². The van der Waals surface area contributed by atoms with Gasteiger partial charge in [0.2, 0.25) is 10.0 Å². The largest absolute Gasteiger partial charge is 0.355 e. The minimum absolute atomic E-state index is 0.135. The topological polar surface area (TPSA) is 89.2 Å². The fourth-order valence-corrected chi connectivity index (χ4v) is 2.27.